The first-order valence-electron chi connectivity index (χ1n) is 6.67. The summed E-state index contributed by atoms with van der Waals surface area (Å²) in [5, 5.41) is 10.4. The Morgan fingerprint density at radius 1 is 1.18 bits per heavy atom. The van der Waals surface area contributed by atoms with E-state index in [4.69, 9.17) is 16.0 Å². The molecule has 0 saturated carbocycles. The zero-order valence-electron chi connectivity index (χ0n) is 12.2. The third-order valence-corrected chi connectivity index (χ3v) is 5.06. The molecule has 7 heteroatoms. The molecular formula is C15H14ClN3OS2. The van der Waals surface area contributed by atoms with Gasteiger partial charge in [-0.1, -0.05) is 41.6 Å². The number of thioether (sulfide) groups is 2. The third-order valence-electron chi connectivity index (χ3n) is 3.19. The predicted molar refractivity (Wildman–Crippen MR) is 92.6 cm³/mol. The van der Waals surface area contributed by atoms with E-state index in [-0.39, 0.29) is 0 Å². The fraction of sp³-hybridized carbons (Fsp3) is 0.267. The van der Waals surface area contributed by atoms with Crippen LogP contribution in [0.1, 0.15) is 17.1 Å². The molecule has 0 radical (unpaired) electrons. The van der Waals surface area contributed by atoms with E-state index in [1.807, 2.05) is 37.4 Å². The SMILES string of the molecule is CSCc1nnc(SCc2nc3ccccc3c(C)c2Cl)o1. The number of pyridine rings is 1. The Kier molecular flexibility index (Phi) is 4.90. The largest absolute Gasteiger partial charge is 0.415 e. The fourth-order valence-corrected chi connectivity index (χ4v) is 3.50. The molecule has 3 aromatic rings. The molecule has 2 aromatic heterocycles. The molecule has 0 aliphatic rings. The zero-order valence-corrected chi connectivity index (χ0v) is 14.6. The van der Waals surface area contributed by atoms with Gasteiger partial charge in [-0.3, -0.25) is 4.98 Å². The maximum atomic E-state index is 6.45. The average molecular weight is 352 g/mol. The van der Waals surface area contributed by atoms with Crippen LogP contribution >= 0.6 is 35.1 Å². The zero-order chi connectivity index (χ0) is 15.5. The Morgan fingerprint density at radius 3 is 2.82 bits per heavy atom. The van der Waals surface area contributed by atoms with Gasteiger partial charge in [0.25, 0.3) is 5.22 Å². The fourth-order valence-electron chi connectivity index (χ4n) is 2.12. The standard InChI is InChI=1S/C15H14ClN3OS2/c1-9-10-5-3-4-6-11(10)17-12(14(9)16)7-22-15-19-18-13(20-15)8-21-2/h3-6H,7-8H2,1-2H3. The van der Waals surface area contributed by atoms with Crippen LogP contribution in [-0.2, 0) is 11.5 Å². The van der Waals surface area contributed by atoms with Crippen molar-refractivity contribution in [2.24, 2.45) is 0 Å². The van der Waals surface area contributed by atoms with Crippen LogP contribution in [0, 0.1) is 6.92 Å². The van der Waals surface area contributed by atoms with Gasteiger partial charge < -0.3 is 4.42 Å². The number of aryl methyl sites for hydroxylation is 1. The summed E-state index contributed by atoms with van der Waals surface area (Å²) in [4.78, 5) is 4.65. The van der Waals surface area contributed by atoms with E-state index in [0.29, 0.717) is 21.9 Å². The van der Waals surface area contributed by atoms with Gasteiger partial charge in [0.2, 0.25) is 5.89 Å². The van der Waals surface area contributed by atoms with Crippen molar-refractivity contribution in [2.45, 2.75) is 23.7 Å². The first kappa shape index (κ1) is 15.6. The summed E-state index contributed by atoms with van der Waals surface area (Å²) in [5.41, 5.74) is 2.84. The van der Waals surface area contributed by atoms with E-state index in [1.54, 1.807) is 11.8 Å². The summed E-state index contributed by atoms with van der Waals surface area (Å²) >= 11 is 9.55. The number of aromatic nitrogens is 3. The molecule has 114 valence electrons. The molecule has 3 rings (SSSR count). The van der Waals surface area contributed by atoms with Gasteiger partial charge in [0.05, 0.1) is 22.0 Å². The summed E-state index contributed by atoms with van der Waals surface area (Å²) < 4.78 is 5.55. The van der Waals surface area contributed by atoms with Crippen molar-refractivity contribution in [1.29, 1.82) is 0 Å². The van der Waals surface area contributed by atoms with Gasteiger partial charge in [-0.25, -0.2) is 0 Å². The molecule has 0 aliphatic carbocycles. The van der Waals surface area contributed by atoms with Crippen molar-refractivity contribution in [3.63, 3.8) is 0 Å². The molecule has 0 fully saturated rings. The lowest BCUT2D eigenvalue weighted by Gasteiger charge is -2.08. The molecule has 0 unspecified atom stereocenters. The molecular weight excluding hydrogens is 338 g/mol. The minimum atomic E-state index is 0.549. The van der Waals surface area contributed by atoms with Gasteiger partial charge in [0, 0.05) is 11.1 Å². The normalized spacial score (nSPS) is 11.2. The van der Waals surface area contributed by atoms with Crippen molar-refractivity contribution in [1.82, 2.24) is 15.2 Å². The first-order valence-corrected chi connectivity index (χ1v) is 9.42. The lowest BCUT2D eigenvalue weighted by molar-refractivity contribution is 0.426. The molecule has 0 aliphatic heterocycles. The highest BCUT2D eigenvalue weighted by Crippen LogP contribution is 2.31. The molecule has 4 nitrogen and oxygen atoms in total. The maximum absolute atomic E-state index is 6.45. The molecule has 1 aromatic carbocycles. The molecule has 0 spiro atoms. The number of fused-ring (bicyclic) bond motifs is 1. The number of hydrogen-bond donors (Lipinski definition) is 0. The lowest BCUT2D eigenvalue weighted by atomic mass is 10.1. The van der Waals surface area contributed by atoms with Crippen LogP contribution in [0.5, 0.6) is 0 Å². The Labute approximate surface area is 142 Å². The second kappa shape index (κ2) is 6.89. The molecule has 0 atom stereocenters. The molecule has 2 heterocycles. The second-order valence-electron chi connectivity index (χ2n) is 4.70. The number of para-hydroxylation sites is 1. The predicted octanol–water partition coefficient (Wildman–Crippen LogP) is 4.73. The number of hydrogen-bond acceptors (Lipinski definition) is 6. The van der Waals surface area contributed by atoms with E-state index in [1.165, 1.54) is 11.8 Å². The van der Waals surface area contributed by atoms with E-state index in [2.05, 4.69) is 15.2 Å². The minimum Gasteiger partial charge on any atom is -0.415 e. The smallest absolute Gasteiger partial charge is 0.276 e. The highest BCUT2D eigenvalue weighted by Gasteiger charge is 2.12. The summed E-state index contributed by atoms with van der Waals surface area (Å²) in [6, 6.07) is 8.00. The highest BCUT2D eigenvalue weighted by molar-refractivity contribution is 7.98. The average Bonchev–Trinajstić information content (AvgIpc) is 2.97. The van der Waals surface area contributed by atoms with Gasteiger partial charge in [0.1, 0.15) is 0 Å². The van der Waals surface area contributed by atoms with Crippen LogP contribution in [-0.4, -0.2) is 21.4 Å². The van der Waals surface area contributed by atoms with Crippen molar-refractivity contribution < 1.29 is 4.42 Å². The number of halogens is 1. The molecule has 0 bridgehead atoms. The molecule has 0 saturated heterocycles. The maximum Gasteiger partial charge on any atom is 0.276 e. The summed E-state index contributed by atoms with van der Waals surface area (Å²) in [7, 11) is 0. The molecule has 0 amide bonds. The quantitative estimate of drug-likeness (QED) is 0.619. The van der Waals surface area contributed by atoms with Gasteiger partial charge in [0.15, 0.2) is 0 Å². The van der Waals surface area contributed by atoms with E-state index < -0.39 is 0 Å². The van der Waals surface area contributed by atoms with Crippen molar-refractivity contribution >= 4 is 46.0 Å². The monoisotopic (exact) mass is 351 g/mol. The second-order valence-corrected chi connectivity index (χ2v) is 6.87. The summed E-state index contributed by atoms with van der Waals surface area (Å²) in [6.07, 6.45) is 2.00. The Morgan fingerprint density at radius 2 is 2.00 bits per heavy atom. The van der Waals surface area contributed by atoms with E-state index in [9.17, 15) is 0 Å². The van der Waals surface area contributed by atoms with E-state index >= 15 is 0 Å². The Hall–Kier alpha value is -1.24. The van der Waals surface area contributed by atoms with Crippen LogP contribution in [0.3, 0.4) is 0 Å². The lowest BCUT2D eigenvalue weighted by Crippen LogP contribution is -1.94. The summed E-state index contributed by atoms with van der Waals surface area (Å²) in [5.74, 6) is 1.97. The van der Waals surface area contributed by atoms with Crippen LogP contribution in [0.25, 0.3) is 10.9 Å². The van der Waals surface area contributed by atoms with Gasteiger partial charge in [-0.2, -0.15) is 11.8 Å². The van der Waals surface area contributed by atoms with Crippen molar-refractivity contribution in [3.05, 3.63) is 46.4 Å². The van der Waals surface area contributed by atoms with Crippen molar-refractivity contribution in [3.8, 4) is 0 Å². The molecule has 22 heavy (non-hydrogen) atoms. The van der Waals surface area contributed by atoms with Crippen LogP contribution < -0.4 is 0 Å². The molecule has 0 N–H and O–H groups in total. The topological polar surface area (TPSA) is 51.8 Å². The van der Waals surface area contributed by atoms with Crippen molar-refractivity contribution in [2.75, 3.05) is 6.26 Å². The van der Waals surface area contributed by atoms with E-state index in [0.717, 1.165) is 27.9 Å². The Balaban J connectivity index is 1.82. The van der Waals surface area contributed by atoms with Gasteiger partial charge in [-0.05, 0) is 24.8 Å². The van der Waals surface area contributed by atoms with Gasteiger partial charge >= 0.3 is 0 Å². The number of rotatable bonds is 5. The summed E-state index contributed by atoms with van der Waals surface area (Å²) in [6.45, 7) is 2.02. The van der Waals surface area contributed by atoms with Crippen LogP contribution in [0.15, 0.2) is 33.9 Å². The highest BCUT2D eigenvalue weighted by atomic mass is 35.5. The first-order chi connectivity index (χ1) is 10.7. The number of nitrogens with zero attached hydrogens (tertiary/aromatic N) is 3. The van der Waals surface area contributed by atoms with Crippen LogP contribution in [0.4, 0.5) is 0 Å². The third kappa shape index (κ3) is 3.24. The Bertz CT molecular complexity index is 807. The van der Waals surface area contributed by atoms with Crippen LogP contribution in [0.2, 0.25) is 5.02 Å². The number of benzene rings is 1. The minimum absolute atomic E-state index is 0.549. The van der Waals surface area contributed by atoms with Gasteiger partial charge in [-0.15, -0.1) is 10.2 Å².